The van der Waals surface area contributed by atoms with E-state index in [9.17, 15) is 20.0 Å². The Morgan fingerprint density at radius 1 is 1.07 bits per heavy atom. The van der Waals surface area contributed by atoms with E-state index in [1.54, 1.807) is 0 Å². The predicted octanol–water partition coefficient (Wildman–Crippen LogP) is 3.65. The average molecular weight is 418 g/mol. The summed E-state index contributed by atoms with van der Waals surface area (Å²) in [4.78, 5) is 27.6. The smallest absolute Gasteiger partial charge is 0.316 e. The van der Waals surface area contributed by atoms with Crippen LogP contribution in [0.1, 0.15) is 39.5 Å². The Morgan fingerprint density at radius 2 is 1.63 bits per heavy atom. The minimum absolute atomic E-state index is 0.0370. The van der Waals surface area contributed by atoms with Crippen LogP contribution in [0, 0.1) is 5.21 Å². The summed E-state index contributed by atoms with van der Waals surface area (Å²) in [5.74, 6) is -0.723. The second-order valence-corrected chi connectivity index (χ2v) is 7.43. The molecule has 152 valence electrons. The Labute approximate surface area is 167 Å². The highest BCUT2D eigenvalue weighted by Gasteiger charge is 2.13. The first-order chi connectivity index (χ1) is 13.0. The van der Waals surface area contributed by atoms with E-state index in [1.165, 1.54) is 12.1 Å². The first-order valence-electron chi connectivity index (χ1n) is 8.71. The van der Waals surface area contributed by atoms with Gasteiger partial charge in [-0.05, 0) is 25.0 Å². The summed E-state index contributed by atoms with van der Waals surface area (Å²) in [6.07, 6.45) is 3.46. The van der Waals surface area contributed by atoms with Gasteiger partial charge in [-0.3, -0.25) is 14.8 Å². The van der Waals surface area contributed by atoms with Gasteiger partial charge in [0.2, 0.25) is 0 Å². The fourth-order valence-corrected chi connectivity index (χ4v) is 3.27. The molecule has 0 amide bonds. The molecule has 0 saturated carbocycles. The first kappa shape index (κ1) is 23.5. The highest BCUT2D eigenvalue weighted by Crippen LogP contribution is 2.30. The highest BCUT2D eigenvalue weighted by molar-refractivity contribution is 8.00. The third-order valence-corrected chi connectivity index (χ3v) is 5.06. The van der Waals surface area contributed by atoms with Crippen LogP contribution in [-0.4, -0.2) is 46.8 Å². The second kappa shape index (κ2) is 13.6. The molecule has 1 aromatic rings. The van der Waals surface area contributed by atoms with Gasteiger partial charge >= 0.3 is 11.9 Å². The monoisotopic (exact) mass is 417 g/mol. The zero-order valence-corrected chi connectivity index (χ0v) is 17.1. The van der Waals surface area contributed by atoms with Crippen LogP contribution in [0.5, 0.6) is 0 Å². The van der Waals surface area contributed by atoms with E-state index in [-0.39, 0.29) is 33.4 Å². The van der Waals surface area contributed by atoms with Crippen molar-refractivity contribution in [2.75, 3.05) is 29.9 Å². The molecular formula is C17H25N2O6S2-. The van der Waals surface area contributed by atoms with Crippen LogP contribution in [0.25, 0.3) is 0 Å². The summed E-state index contributed by atoms with van der Waals surface area (Å²) in [7, 11) is 0. The molecule has 1 aromatic heterocycles. The minimum atomic E-state index is -0.422. The number of rotatable bonds is 13. The Morgan fingerprint density at radius 3 is 2.15 bits per heavy atom. The van der Waals surface area contributed by atoms with Crippen LogP contribution in [0.4, 0.5) is 5.69 Å². The summed E-state index contributed by atoms with van der Waals surface area (Å²) in [6, 6.07) is 2.90. The van der Waals surface area contributed by atoms with E-state index in [1.807, 2.05) is 13.8 Å². The lowest BCUT2D eigenvalue weighted by molar-refractivity contribution is -0.141. The van der Waals surface area contributed by atoms with Crippen molar-refractivity contribution in [3.63, 3.8) is 0 Å². The molecule has 0 atom stereocenters. The largest absolute Gasteiger partial charge is 0.733 e. The Balaban J connectivity index is 2.62. The number of thioether (sulfide) groups is 2. The lowest BCUT2D eigenvalue weighted by Crippen LogP contribution is -2.12. The number of hydrogen-bond donors (Lipinski definition) is 1. The molecule has 0 aliphatic rings. The fraction of sp³-hybridized carbons (Fsp3) is 0.588. The molecule has 8 nitrogen and oxygen atoms in total. The zero-order chi connectivity index (χ0) is 20.1. The van der Waals surface area contributed by atoms with Crippen molar-refractivity contribution in [2.24, 2.45) is 0 Å². The molecule has 27 heavy (non-hydrogen) atoms. The lowest BCUT2D eigenvalue weighted by atomic mass is 10.4. The first-order valence-corrected chi connectivity index (χ1v) is 10.7. The van der Waals surface area contributed by atoms with Crippen molar-refractivity contribution >= 4 is 41.1 Å². The zero-order valence-electron chi connectivity index (χ0n) is 15.5. The summed E-state index contributed by atoms with van der Waals surface area (Å²) in [6.45, 7) is 4.73. The Bertz CT molecular complexity index is 601. The van der Waals surface area contributed by atoms with Crippen molar-refractivity contribution < 1.29 is 24.3 Å². The summed E-state index contributed by atoms with van der Waals surface area (Å²) in [5, 5.41) is 20.8. The van der Waals surface area contributed by atoms with Crippen LogP contribution in [0.15, 0.2) is 22.2 Å². The molecule has 0 unspecified atom stereocenters. The fourth-order valence-electron chi connectivity index (χ4n) is 1.75. The van der Waals surface area contributed by atoms with E-state index in [2.05, 4.69) is 4.98 Å². The molecule has 0 aliphatic heterocycles. The molecule has 0 radical (unpaired) electrons. The lowest BCUT2D eigenvalue weighted by Gasteiger charge is -2.23. The van der Waals surface area contributed by atoms with Gasteiger partial charge < -0.3 is 19.9 Å². The van der Waals surface area contributed by atoms with Crippen LogP contribution in [0.2, 0.25) is 0 Å². The number of nitrogens with zero attached hydrogens (tertiary/aromatic N) is 2. The van der Waals surface area contributed by atoms with Gasteiger partial charge in [-0.15, -0.1) is 0 Å². The van der Waals surface area contributed by atoms with Gasteiger partial charge in [-0.1, -0.05) is 50.2 Å². The van der Waals surface area contributed by atoms with Crippen molar-refractivity contribution in [3.05, 3.63) is 17.3 Å². The molecule has 0 saturated heterocycles. The van der Waals surface area contributed by atoms with Crippen LogP contribution >= 0.6 is 23.5 Å². The number of unbranched alkanes of at least 4 members (excludes halogenated alkanes) is 2. The SMILES string of the molecule is CCCCOC(=O)CSc1ccc(N([O-])O)c(SCC(=O)OCCCC)n1. The van der Waals surface area contributed by atoms with Gasteiger partial charge in [-0.2, -0.15) is 0 Å². The number of aromatic nitrogens is 1. The summed E-state index contributed by atoms with van der Waals surface area (Å²) in [5.41, 5.74) is -0.0729. The number of ether oxygens (including phenoxy) is 2. The number of anilines is 1. The van der Waals surface area contributed by atoms with Gasteiger partial charge in [0.05, 0.1) is 35.4 Å². The molecule has 0 bridgehead atoms. The van der Waals surface area contributed by atoms with Gasteiger partial charge in [0.15, 0.2) is 0 Å². The Kier molecular flexibility index (Phi) is 11.9. The standard InChI is InChI=1S/C17H25N2O6S2/c1-3-5-9-24-15(20)11-26-14-8-7-13(19(22)23)17(18-14)27-12-16(21)25-10-6-4-2/h7-8,22H,3-6,9-12H2,1-2H3/q-1. The maximum absolute atomic E-state index is 11.7. The number of carbonyl (C=O) groups is 2. The Hall–Kier alpha value is -1.49. The van der Waals surface area contributed by atoms with Gasteiger partial charge in [-0.25, -0.2) is 4.98 Å². The molecule has 0 aromatic carbocycles. The quantitative estimate of drug-likeness (QED) is 0.221. The van der Waals surface area contributed by atoms with E-state index in [0.29, 0.717) is 18.2 Å². The van der Waals surface area contributed by atoms with E-state index in [4.69, 9.17) is 9.47 Å². The average Bonchev–Trinajstić information content (AvgIpc) is 2.65. The van der Waals surface area contributed by atoms with Crippen LogP contribution in [0.3, 0.4) is 0 Å². The van der Waals surface area contributed by atoms with E-state index in [0.717, 1.165) is 49.2 Å². The summed E-state index contributed by atoms with van der Waals surface area (Å²) >= 11 is 2.14. The van der Waals surface area contributed by atoms with Gasteiger partial charge in [0, 0.05) is 0 Å². The van der Waals surface area contributed by atoms with Crippen molar-refractivity contribution in [2.45, 2.75) is 49.6 Å². The molecule has 1 rings (SSSR count). The molecule has 1 heterocycles. The number of pyridine rings is 1. The molecule has 0 spiro atoms. The number of hydrogen-bond acceptors (Lipinski definition) is 10. The second-order valence-electron chi connectivity index (χ2n) is 5.47. The van der Waals surface area contributed by atoms with Crippen molar-refractivity contribution in [3.8, 4) is 0 Å². The van der Waals surface area contributed by atoms with Crippen LogP contribution in [-0.2, 0) is 19.1 Å². The topological polar surface area (TPSA) is 112 Å². The van der Waals surface area contributed by atoms with Crippen molar-refractivity contribution in [1.29, 1.82) is 0 Å². The maximum Gasteiger partial charge on any atom is 0.316 e. The van der Waals surface area contributed by atoms with Gasteiger partial charge in [0.1, 0.15) is 5.03 Å². The van der Waals surface area contributed by atoms with E-state index < -0.39 is 5.97 Å². The molecule has 1 N–H and O–H groups in total. The molecule has 0 aliphatic carbocycles. The maximum atomic E-state index is 11.7. The number of esters is 2. The van der Waals surface area contributed by atoms with Gasteiger partial charge in [0.25, 0.3) is 0 Å². The minimum Gasteiger partial charge on any atom is -0.733 e. The summed E-state index contributed by atoms with van der Waals surface area (Å²) < 4.78 is 10.1. The number of carbonyl (C=O) groups excluding carboxylic acids is 2. The van der Waals surface area contributed by atoms with Crippen LogP contribution < -0.4 is 5.23 Å². The van der Waals surface area contributed by atoms with Crippen molar-refractivity contribution in [1.82, 2.24) is 4.98 Å². The highest BCUT2D eigenvalue weighted by atomic mass is 32.2. The third kappa shape index (κ3) is 9.85. The molecular weight excluding hydrogens is 392 g/mol. The third-order valence-electron chi connectivity index (χ3n) is 3.21. The molecule has 0 fully saturated rings. The molecule has 10 heteroatoms. The predicted molar refractivity (Wildman–Crippen MR) is 105 cm³/mol. The van der Waals surface area contributed by atoms with E-state index >= 15 is 0 Å². The normalized spacial score (nSPS) is 10.5.